The van der Waals surface area contributed by atoms with Crippen LogP contribution in [0.1, 0.15) is 0 Å². The molecule has 2 fully saturated rings. The van der Waals surface area contributed by atoms with Crippen LogP contribution in [0.25, 0.3) is 0 Å². The Bertz CT molecular complexity index is 747. The predicted octanol–water partition coefficient (Wildman–Crippen LogP) is 0.549. The summed E-state index contributed by atoms with van der Waals surface area (Å²) in [4.78, 5) is 24.6. The molecule has 2 aliphatic heterocycles. The van der Waals surface area contributed by atoms with Gasteiger partial charge in [-0.1, -0.05) is 65.5 Å². The minimum absolute atomic E-state index is 0.161. The maximum Gasteiger partial charge on any atom is 0.330 e. The minimum Gasteiger partial charge on any atom is -0.467 e. The maximum atomic E-state index is 12.3. The van der Waals surface area contributed by atoms with Crippen molar-refractivity contribution in [1.82, 2.24) is 0 Å². The molecule has 0 aliphatic carbocycles. The van der Waals surface area contributed by atoms with E-state index >= 15 is 0 Å². The molecule has 2 atom stereocenters. The Morgan fingerprint density at radius 2 is 1.26 bits per heavy atom. The van der Waals surface area contributed by atoms with Gasteiger partial charge < -0.3 is 18.3 Å². The van der Waals surface area contributed by atoms with Crippen LogP contribution in [0.5, 0.6) is 0 Å². The van der Waals surface area contributed by atoms with Crippen LogP contribution >= 0.6 is 0 Å². The second-order valence-electron chi connectivity index (χ2n) is 9.69. The highest BCUT2D eigenvalue weighted by atomic mass is 30.5. The monoisotopic (exact) mass is 664 g/mol. The van der Waals surface area contributed by atoms with Crippen LogP contribution in [-0.2, 0) is 27.9 Å². The van der Waals surface area contributed by atoms with Crippen LogP contribution in [0.2, 0.25) is 65.5 Å². The Labute approximate surface area is 223 Å². The molecular weight excluding hydrogens is 625 g/mol. The molecule has 18 heteroatoms. The topological polar surface area (TPSA) is 71.1 Å². The molecule has 2 aliphatic rings. The van der Waals surface area contributed by atoms with Crippen molar-refractivity contribution in [2.75, 3.05) is 27.4 Å². The normalized spacial score (nSPS) is 29.7. The highest BCUT2D eigenvalue weighted by Gasteiger charge is 2.72. The average Bonchev–Trinajstić information content (AvgIpc) is 2.78. The Kier molecular flexibility index (Phi) is 11.7. The Hall–Kier alpha value is 1.46. The number of fused-ring (bicyclic) bond motifs is 1. The summed E-state index contributed by atoms with van der Waals surface area (Å²) in [6.45, 7) is 24.6. The van der Waals surface area contributed by atoms with Crippen LogP contribution in [0.3, 0.4) is 0 Å². The Morgan fingerprint density at radius 3 is 1.71 bits per heavy atom. The van der Waals surface area contributed by atoms with E-state index in [-0.39, 0.29) is 48.2 Å². The lowest BCUT2D eigenvalue weighted by molar-refractivity contribution is -0.143. The van der Waals surface area contributed by atoms with Crippen molar-refractivity contribution < 1.29 is 27.9 Å². The molecular formula is C16H40O6Si12. The molecule has 0 bridgehead atoms. The van der Waals surface area contributed by atoms with Crippen LogP contribution in [0.4, 0.5) is 0 Å². The highest BCUT2D eigenvalue weighted by Crippen LogP contribution is 2.37. The van der Waals surface area contributed by atoms with Crippen LogP contribution in [0.15, 0.2) is 0 Å². The Morgan fingerprint density at radius 1 is 0.765 bits per heavy atom. The van der Waals surface area contributed by atoms with Crippen LogP contribution in [-0.4, -0.2) is 131 Å². The first-order valence-electron chi connectivity index (χ1n) is 11.6. The third kappa shape index (κ3) is 5.58. The van der Waals surface area contributed by atoms with Crippen LogP contribution < -0.4 is 0 Å². The smallest absolute Gasteiger partial charge is 0.330 e. The van der Waals surface area contributed by atoms with Gasteiger partial charge in [-0.3, -0.25) is 0 Å². The van der Waals surface area contributed by atoms with Crippen molar-refractivity contribution in [3.63, 3.8) is 0 Å². The largest absolute Gasteiger partial charge is 0.467 e. The summed E-state index contributed by atoms with van der Waals surface area (Å²) in [5.74, 6) is -0.408. The van der Waals surface area contributed by atoms with Gasteiger partial charge in [-0.15, -0.1) is 0 Å². The van der Waals surface area contributed by atoms with Crippen molar-refractivity contribution in [1.29, 1.82) is 0 Å². The second-order valence-corrected chi connectivity index (χ2v) is 107. The lowest BCUT2D eigenvalue weighted by Gasteiger charge is -2.63. The molecule has 0 amide bonds. The van der Waals surface area contributed by atoms with Gasteiger partial charge >= 0.3 is 11.9 Å². The number of hydrogen-bond donors (Lipinski definition) is 0. The molecule has 34 heavy (non-hydrogen) atoms. The van der Waals surface area contributed by atoms with Gasteiger partial charge in [0.05, 0.1) is 38.2 Å². The number of ether oxygens (including phenoxy) is 2. The number of carbonyl (C=O) groups excluding carboxylic acids is 2. The summed E-state index contributed by atoms with van der Waals surface area (Å²) in [5, 5.41) is 0. The van der Waals surface area contributed by atoms with Crippen LogP contribution in [0, 0.1) is 0 Å². The third-order valence-corrected chi connectivity index (χ3v) is 228. The van der Waals surface area contributed by atoms with Gasteiger partial charge in [0.2, 0.25) is 0 Å². The fourth-order valence-electron chi connectivity index (χ4n) is 5.55. The molecule has 0 N–H and O–H groups in total. The van der Waals surface area contributed by atoms with Crippen molar-refractivity contribution in [3.05, 3.63) is 0 Å². The van der Waals surface area contributed by atoms with E-state index < -0.39 is 69.0 Å². The fraction of sp³-hybridized carbons (Fsp3) is 0.875. The van der Waals surface area contributed by atoms with E-state index in [2.05, 4.69) is 65.5 Å². The zero-order valence-electron chi connectivity index (χ0n) is 22.9. The van der Waals surface area contributed by atoms with Gasteiger partial charge in [0.1, 0.15) is 20.1 Å². The fourth-order valence-corrected chi connectivity index (χ4v) is 454. The lowest BCUT2D eigenvalue weighted by Crippen LogP contribution is -2.99. The molecule has 0 spiro atoms. The highest BCUT2D eigenvalue weighted by molar-refractivity contribution is 8.25. The molecule has 188 valence electrons. The quantitative estimate of drug-likeness (QED) is 0.279. The summed E-state index contributed by atoms with van der Waals surface area (Å²) in [7, 11) is -3.88. The Balaban J connectivity index is 2.70. The van der Waals surface area contributed by atoms with Crippen molar-refractivity contribution >= 4 is 104 Å². The number of rotatable bonds is 8. The van der Waals surface area contributed by atoms with E-state index in [0.29, 0.717) is 0 Å². The van der Waals surface area contributed by atoms with E-state index in [4.69, 9.17) is 18.3 Å². The molecule has 6 nitrogen and oxygen atoms in total. The first-order valence-corrected chi connectivity index (χ1v) is 48.4. The second kappa shape index (κ2) is 12.5. The molecule has 2 saturated heterocycles. The van der Waals surface area contributed by atoms with E-state index in [1.165, 1.54) is 14.2 Å². The van der Waals surface area contributed by atoms with Gasteiger partial charge in [-0.2, -0.15) is 0 Å². The van der Waals surface area contributed by atoms with Crippen molar-refractivity contribution in [2.45, 2.75) is 65.5 Å². The molecule has 2 heterocycles. The summed E-state index contributed by atoms with van der Waals surface area (Å²) < 4.78 is 24.1. The summed E-state index contributed by atoms with van der Waals surface area (Å²) in [6.07, 6.45) is 0. The standard InChI is InChI=1S/C16H40O6Si12/c1-19-15(17)13-21-33(12)28(10)25(7)26(8)30-27(9)31(23(3)4)34(24(5)6,29(11)32(30)33)22-14-16(18)20-2/h13-14H2,1-12H3. The molecule has 2 rings (SSSR count). The zero-order valence-corrected chi connectivity index (χ0v) is 34.9. The van der Waals surface area contributed by atoms with E-state index in [1.54, 1.807) is 0 Å². The zero-order chi connectivity index (χ0) is 26.2. The molecule has 2 unspecified atom stereocenters. The first kappa shape index (κ1) is 31.7. The maximum absolute atomic E-state index is 12.3. The van der Waals surface area contributed by atoms with Crippen molar-refractivity contribution in [2.24, 2.45) is 0 Å². The van der Waals surface area contributed by atoms with E-state index in [9.17, 15) is 9.59 Å². The number of carbonyl (C=O) groups is 2. The number of hydrogen-bond acceptors (Lipinski definition) is 6. The molecule has 0 aromatic carbocycles. The molecule has 0 aromatic rings. The summed E-state index contributed by atoms with van der Waals surface area (Å²) >= 11 is 0. The van der Waals surface area contributed by atoms with Gasteiger partial charge in [-0.05, 0) is 0 Å². The van der Waals surface area contributed by atoms with Gasteiger partial charge in [-0.25, -0.2) is 9.59 Å². The SMILES string of the molecule is COC(=O)CO[Si]1(C)[Si](C)[Si](C)[Si](C)[Si]2[Si](C)[Si]([Si](C)C)[Si](OCC(=O)OC)([Si](C)C)[Si](C)[Si]21. The van der Waals surface area contributed by atoms with Gasteiger partial charge in [0.15, 0.2) is 7.35 Å². The number of esters is 2. The third-order valence-electron chi connectivity index (χ3n) is 7.49. The van der Waals surface area contributed by atoms with Crippen molar-refractivity contribution in [3.8, 4) is 0 Å². The van der Waals surface area contributed by atoms with E-state index in [1.807, 2.05) is 0 Å². The summed E-state index contributed by atoms with van der Waals surface area (Å²) in [6, 6.07) is 0. The van der Waals surface area contributed by atoms with Gasteiger partial charge in [0, 0.05) is 53.9 Å². The summed E-state index contributed by atoms with van der Waals surface area (Å²) in [5.41, 5.74) is 0. The lowest BCUT2D eigenvalue weighted by atomic mass is 10.8. The molecule has 10 radical (unpaired) electrons. The predicted molar refractivity (Wildman–Crippen MR) is 164 cm³/mol. The number of methoxy groups -OCH3 is 2. The molecule has 0 saturated carbocycles. The molecule has 0 aromatic heterocycles. The first-order chi connectivity index (χ1) is 15.7. The minimum atomic E-state index is -1.99. The van der Waals surface area contributed by atoms with Gasteiger partial charge in [0.25, 0.3) is 0 Å². The average molecular weight is 666 g/mol. The van der Waals surface area contributed by atoms with E-state index in [0.717, 1.165) is 0 Å².